The van der Waals surface area contributed by atoms with E-state index in [0.29, 0.717) is 22.7 Å². The lowest BCUT2D eigenvalue weighted by molar-refractivity contribution is 0.312. The van der Waals surface area contributed by atoms with Crippen LogP contribution in [-0.4, -0.2) is 40.8 Å². The minimum Gasteiger partial charge on any atom is -0.495 e. The Kier molecular flexibility index (Phi) is 4.88. The molecule has 0 fully saturated rings. The van der Waals surface area contributed by atoms with Gasteiger partial charge < -0.3 is 20.7 Å². The summed E-state index contributed by atoms with van der Waals surface area (Å²) in [6, 6.07) is 18.2. The number of hydrogen-bond donors (Lipinski definition) is 2. The number of fused-ring (bicyclic) bond motifs is 2. The second-order valence-electron chi connectivity index (χ2n) is 7.87. The zero-order valence-corrected chi connectivity index (χ0v) is 17.6. The lowest BCUT2D eigenvalue weighted by atomic mass is 9.99. The quantitative estimate of drug-likeness (QED) is 0.490. The molecule has 0 unspecified atom stereocenters. The van der Waals surface area contributed by atoms with E-state index < -0.39 is 0 Å². The fourth-order valence-corrected chi connectivity index (χ4v) is 4.03. The van der Waals surface area contributed by atoms with Crippen molar-refractivity contribution in [2.75, 3.05) is 31.8 Å². The minimum absolute atomic E-state index is 0.402. The summed E-state index contributed by atoms with van der Waals surface area (Å²) in [5.74, 6) is 1.17. The summed E-state index contributed by atoms with van der Waals surface area (Å²) in [4.78, 5) is 7.00. The molecule has 0 saturated carbocycles. The Hall–Kier alpha value is -3.71. The van der Waals surface area contributed by atoms with Crippen molar-refractivity contribution in [3.8, 4) is 16.9 Å². The standard InChI is InChI=1S/C24H24N6O/c1-30-9-8-16-13-22(31-2)20(12-18(16)14-30)26-24-27-21-11-17(15-6-4-3-5-7-15)10-19(25)23(21)28-29-24/h3-7,10-13H,8-9,14,25H2,1-2H3,(H,26,27,29). The average molecular weight is 412 g/mol. The first kappa shape index (κ1) is 19.3. The van der Waals surface area contributed by atoms with Gasteiger partial charge in [-0.3, -0.25) is 0 Å². The number of rotatable bonds is 4. The molecule has 3 aromatic carbocycles. The van der Waals surface area contributed by atoms with Crippen LogP contribution < -0.4 is 15.8 Å². The fourth-order valence-electron chi connectivity index (χ4n) is 4.03. The molecule has 156 valence electrons. The van der Waals surface area contributed by atoms with Gasteiger partial charge in [-0.1, -0.05) is 30.3 Å². The van der Waals surface area contributed by atoms with Crippen molar-refractivity contribution in [1.82, 2.24) is 20.1 Å². The van der Waals surface area contributed by atoms with Gasteiger partial charge in [0.25, 0.3) is 0 Å². The topological polar surface area (TPSA) is 89.2 Å². The zero-order chi connectivity index (χ0) is 21.4. The number of ether oxygens (including phenoxy) is 1. The van der Waals surface area contributed by atoms with Gasteiger partial charge in [0.05, 0.1) is 24.0 Å². The maximum atomic E-state index is 6.24. The van der Waals surface area contributed by atoms with Gasteiger partial charge in [-0.05, 0) is 60.0 Å². The Bertz CT molecular complexity index is 1260. The van der Waals surface area contributed by atoms with Crippen LogP contribution in [0.1, 0.15) is 11.1 Å². The van der Waals surface area contributed by atoms with Crippen LogP contribution in [0, 0.1) is 0 Å². The summed E-state index contributed by atoms with van der Waals surface area (Å²) in [6.07, 6.45) is 1.01. The Morgan fingerprint density at radius 1 is 1.00 bits per heavy atom. The van der Waals surface area contributed by atoms with Gasteiger partial charge in [0, 0.05) is 13.1 Å². The van der Waals surface area contributed by atoms with Crippen LogP contribution in [-0.2, 0) is 13.0 Å². The second-order valence-corrected chi connectivity index (χ2v) is 7.87. The fraction of sp³-hybridized carbons (Fsp3) is 0.208. The maximum Gasteiger partial charge on any atom is 0.247 e. The van der Waals surface area contributed by atoms with E-state index in [-0.39, 0.29) is 0 Å². The molecule has 31 heavy (non-hydrogen) atoms. The summed E-state index contributed by atoms with van der Waals surface area (Å²) in [7, 11) is 3.81. The highest BCUT2D eigenvalue weighted by atomic mass is 16.5. The molecule has 1 aliphatic heterocycles. The smallest absolute Gasteiger partial charge is 0.247 e. The van der Waals surface area contributed by atoms with Crippen LogP contribution in [0.2, 0.25) is 0 Å². The molecule has 7 heteroatoms. The predicted octanol–water partition coefficient (Wildman–Crippen LogP) is 4.01. The molecule has 3 N–H and O–H groups in total. The van der Waals surface area contributed by atoms with E-state index in [1.807, 2.05) is 42.5 Å². The molecule has 1 aromatic heterocycles. The molecule has 0 amide bonds. The zero-order valence-electron chi connectivity index (χ0n) is 17.6. The van der Waals surface area contributed by atoms with Gasteiger partial charge in [0.15, 0.2) is 0 Å². The molecule has 1 aliphatic rings. The van der Waals surface area contributed by atoms with E-state index >= 15 is 0 Å². The van der Waals surface area contributed by atoms with Gasteiger partial charge in [-0.2, -0.15) is 0 Å². The van der Waals surface area contributed by atoms with E-state index in [2.05, 4.69) is 44.6 Å². The van der Waals surface area contributed by atoms with E-state index in [0.717, 1.165) is 42.1 Å². The first-order valence-corrected chi connectivity index (χ1v) is 10.3. The Balaban J connectivity index is 1.53. The number of aromatic nitrogens is 3. The summed E-state index contributed by atoms with van der Waals surface area (Å²) >= 11 is 0. The highest BCUT2D eigenvalue weighted by molar-refractivity contribution is 5.91. The Labute approximate surface area is 180 Å². The van der Waals surface area contributed by atoms with Crippen molar-refractivity contribution < 1.29 is 4.74 Å². The molecule has 0 bridgehead atoms. The third kappa shape index (κ3) is 3.75. The maximum absolute atomic E-state index is 6.24. The number of nitrogens with two attached hydrogens (primary N) is 1. The van der Waals surface area contributed by atoms with Crippen LogP contribution in [0.5, 0.6) is 5.75 Å². The van der Waals surface area contributed by atoms with Crippen LogP contribution in [0.4, 0.5) is 17.3 Å². The highest BCUT2D eigenvalue weighted by Crippen LogP contribution is 2.33. The van der Waals surface area contributed by atoms with E-state index in [9.17, 15) is 0 Å². The van der Waals surface area contributed by atoms with Crippen molar-refractivity contribution >= 4 is 28.4 Å². The third-order valence-corrected chi connectivity index (χ3v) is 5.67. The summed E-state index contributed by atoms with van der Waals surface area (Å²) < 4.78 is 5.62. The number of nitrogens with zero attached hydrogens (tertiary/aromatic N) is 4. The van der Waals surface area contributed by atoms with Crippen molar-refractivity contribution in [1.29, 1.82) is 0 Å². The largest absolute Gasteiger partial charge is 0.495 e. The summed E-state index contributed by atoms with van der Waals surface area (Å²) in [6.45, 7) is 1.95. The second kappa shape index (κ2) is 7.85. The van der Waals surface area contributed by atoms with E-state index in [4.69, 9.17) is 10.5 Å². The first-order chi connectivity index (χ1) is 15.1. The lowest BCUT2D eigenvalue weighted by Gasteiger charge is -2.26. The predicted molar refractivity (Wildman–Crippen MR) is 123 cm³/mol. The lowest BCUT2D eigenvalue weighted by Crippen LogP contribution is -2.26. The van der Waals surface area contributed by atoms with Crippen molar-refractivity contribution in [2.24, 2.45) is 0 Å². The third-order valence-electron chi connectivity index (χ3n) is 5.67. The molecule has 7 nitrogen and oxygen atoms in total. The molecule has 0 spiro atoms. The average Bonchev–Trinajstić information content (AvgIpc) is 2.79. The molecular weight excluding hydrogens is 388 g/mol. The Morgan fingerprint density at radius 2 is 1.84 bits per heavy atom. The van der Waals surface area contributed by atoms with Crippen LogP contribution in [0.25, 0.3) is 22.2 Å². The number of anilines is 3. The van der Waals surface area contributed by atoms with Gasteiger partial charge in [-0.15, -0.1) is 10.2 Å². The molecule has 0 radical (unpaired) electrons. The number of nitrogen functional groups attached to an aromatic ring is 1. The summed E-state index contributed by atoms with van der Waals surface area (Å²) in [5.41, 5.74) is 13.6. The number of nitrogens with one attached hydrogen (secondary N) is 1. The van der Waals surface area contributed by atoms with Gasteiger partial charge in [0.1, 0.15) is 11.3 Å². The van der Waals surface area contributed by atoms with Crippen LogP contribution >= 0.6 is 0 Å². The van der Waals surface area contributed by atoms with E-state index in [1.54, 1.807) is 7.11 Å². The van der Waals surface area contributed by atoms with E-state index in [1.165, 1.54) is 11.1 Å². The molecule has 0 aliphatic carbocycles. The van der Waals surface area contributed by atoms with Gasteiger partial charge in [-0.25, -0.2) is 4.98 Å². The van der Waals surface area contributed by atoms with Crippen LogP contribution in [0.3, 0.4) is 0 Å². The first-order valence-electron chi connectivity index (χ1n) is 10.3. The minimum atomic E-state index is 0.402. The number of methoxy groups -OCH3 is 1. The molecule has 0 atom stereocenters. The number of likely N-dealkylation sites (N-methyl/N-ethyl adjacent to an activating group) is 1. The Morgan fingerprint density at radius 3 is 2.65 bits per heavy atom. The summed E-state index contributed by atoms with van der Waals surface area (Å²) in [5, 5.41) is 11.9. The van der Waals surface area contributed by atoms with Gasteiger partial charge >= 0.3 is 0 Å². The van der Waals surface area contributed by atoms with Crippen LogP contribution in [0.15, 0.2) is 54.6 Å². The molecule has 4 aromatic rings. The van der Waals surface area contributed by atoms with Gasteiger partial charge in [0.2, 0.25) is 5.95 Å². The van der Waals surface area contributed by atoms with Crippen molar-refractivity contribution in [3.05, 3.63) is 65.7 Å². The molecular formula is C24H24N6O. The highest BCUT2D eigenvalue weighted by Gasteiger charge is 2.18. The SMILES string of the molecule is COc1cc2c(cc1Nc1nnc3c(N)cc(-c4ccccc4)cc3n1)CN(C)CC2. The number of benzene rings is 3. The molecule has 2 heterocycles. The normalized spacial score (nSPS) is 13.7. The molecule has 0 saturated heterocycles. The monoisotopic (exact) mass is 412 g/mol. The molecule has 5 rings (SSSR count). The van der Waals surface area contributed by atoms with Crippen molar-refractivity contribution in [2.45, 2.75) is 13.0 Å². The number of hydrogen-bond acceptors (Lipinski definition) is 7. The van der Waals surface area contributed by atoms with Crippen molar-refractivity contribution in [3.63, 3.8) is 0 Å².